The number of hydrogen-bond acceptors (Lipinski definition) is 3. The molecule has 1 saturated heterocycles. The van der Waals surface area contributed by atoms with Crippen molar-refractivity contribution in [3.8, 4) is 0 Å². The van der Waals surface area contributed by atoms with Crippen molar-refractivity contribution in [3.05, 3.63) is 18.3 Å². The zero-order valence-electron chi connectivity index (χ0n) is 11.5. The molecule has 0 aromatic carbocycles. The summed E-state index contributed by atoms with van der Waals surface area (Å²) in [4.78, 5) is 7.08. The van der Waals surface area contributed by atoms with Gasteiger partial charge in [-0.05, 0) is 62.5 Å². The summed E-state index contributed by atoms with van der Waals surface area (Å²) in [6.45, 7) is 2.34. The Morgan fingerprint density at radius 2 is 1.79 bits per heavy atom. The summed E-state index contributed by atoms with van der Waals surface area (Å²) < 4.78 is 0. The van der Waals surface area contributed by atoms with Crippen molar-refractivity contribution in [2.75, 3.05) is 23.3 Å². The molecule has 0 spiro atoms. The van der Waals surface area contributed by atoms with E-state index in [2.05, 4.69) is 27.3 Å². The lowest BCUT2D eigenvalue weighted by atomic mass is 10.1. The second-order valence-corrected chi connectivity index (χ2v) is 6.41. The Kier molecular flexibility index (Phi) is 2.86. The summed E-state index contributed by atoms with van der Waals surface area (Å²) in [5.41, 5.74) is 1.27. The first-order chi connectivity index (χ1) is 9.42. The highest BCUT2D eigenvalue weighted by Crippen LogP contribution is 2.46. The summed E-state index contributed by atoms with van der Waals surface area (Å²) in [5.74, 6) is 3.05. The molecular formula is C16H23N3. The van der Waals surface area contributed by atoms with Gasteiger partial charge in [-0.25, -0.2) is 4.98 Å². The van der Waals surface area contributed by atoms with Crippen LogP contribution in [0, 0.1) is 11.8 Å². The first kappa shape index (κ1) is 11.6. The third kappa shape index (κ3) is 2.43. The first-order valence-electron chi connectivity index (χ1n) is 7.88. The number of hydrogen-bond donors (Lipinski definition) is 1. The molecule has 0 unspecified atom stereocenters. The van der Waals surface area contributed by atoms with Crippen LogP contribution in [-0.2, 0) is 0 Å². The molecule has 1 aliphatic heterocycles. The number of nitrogens with zero attached hydrogens (tertiary/aromatic N) is 2. The van der Waals surface area contributed by atoms with E-state index in [1.807, 2.05) is 6.20 Å². The highest BCUT2D eigenvalue weighted by atomic mass is 15.2. The zero-order valence-corrected chi connectivity index (χ0v) is 11.5. The maximum absolute atomic E-state index is 4.64. The lowest BCUT2D eigenvalue weighted by Crippen LogP contribution is -2.27. The van der Waals surface area contributed by atoms with E-state index in [4.69, 9.17) is 0 Å². The maximum Gasteiger partial charge on any atom is 0.151 e. The van der Waals surface area contributed by atoms with Gasteiger partial charge >= 0.3 is 0 Å². The van der Waals surface area contributed by atoms with Gasteiger partial charge in [0.1, 0.15) is 0 Å². The monoisotopic (exact) mass is 257 g/mol. The molecule has 1 N–H and O–H groups in total. The highest BCUT2D eigenvalue weighted by molar-refractivity contribution is 5.66. The van der Waals surface area contributed by atoms with E-state index in [1.165, 1.54) is 63.1 Å². The lowest BCUT2D eigenvalue weighted by molar-refractivity contribution is 0.567. The minimum atomic E-state index is 0.713. The maximum atomic E-state index is 4.64. The van der Waals surface area contributed by atoms with Crippen molar-refractivity contribution in [2.45, 2.75) is 44.6 Å². The smallest absolute Gasteiger partial charge is 0.151 e. The van der Waals surface area contributed by atoms with Crippen LogP contribution >= 0.6 is 0 Å². The Morgan fingerprint density at radius 1 is 1.11 bits per heavy atom. The van der Waals surface area contributed by atoms with Crippen molar-refractivity contribution < 1.29 is 0 Å². The van der Waals surface area contributed by atoms with Crippen LogP contribution in [0.25, 0.3) is 0 Å². The van der Waals surface area contributed by atoms with Crippen molar-refractivity contribution in [1.82, 2.24) is 4.98 Å². The number of aromatic nitrogens is 1. The second-order valence-electron chi connectivity index (χ2n) is 6.41. The number of nitrogens with one attached hydrogen (secondary N) is 1. The standard InChI is InChI=1S/C16H23N3/c1-2-11-19(10-1)16-14(4-3-9-17-16)18-15(12-5-6-12)13-7-8-13/h3-4,9,12-13,15,18H,1-2,5-8,10-11H2. The van der Waals surface area contributed by atoms with Gasteiger partial charge in [0.25, 0.3) is 0 Å². The van der Waals surface area contributed by atoms with Crippen LogP contribution < -0.4 is 10.2 Å². The SMILES string of the molecule is c1cnc(N2CCCC2)c(NC(C2CC2)C2CC2)c1. The highest BCUT2D eigenvalue weighted by Gasteiger charge is 2.41. The minimum Gasteiger partial charge on any atom is -0.379 e. The number of anilines is 2. The summed E-state index contributed by atoms with van der Waals surface area (Å²) in [7, 11) is 0. The fourth-order valence-corrected chi connectivity index (χ4v) is 3.40. The second kappa shape index (κ2) is 4.69. The van der Waals surface area contributed by atoms with Gasteiger partial charge < -0.3 is 10.2 Å². The van der Waals surface area contributed by atoms with Crippen molar-refractivity contribution in [1.29, 1.82) is 0 Å². The molecule has 2 saturated carbocycles. The fraction of sp³-hybridized carbons (Fsp3) is 0.688. The third-order valence-corrected chi connectivity index (χ3v) is 4.77. The van der Waals surface area contributed by atoms with Crippen molar-refractivity contribution >= 4 is 11.5 Å². The Labute approximate surface area is 115 Å². The number of pyridine rings is 1. The normalized spacial score (nSPS) is 23.1. The molecule has 19 heavy (non-hydrogen) atoms. The average molecular weight is 257 g/mol. The van der Waals surface area contributed by atoms with E-state index in [0.717, 1.165) is 11.8 Å². The van der Waals surface area contributed by atoms with Crippen LogP contribution in [0.4, 0.5) is 11.5 Å². The summed E-state index contributed by atoms with van der Waals surface area (Å²) in [5, 5.41) is 3.84. The van der Waals surface area contributed by atoms with Crippen LogP contribution in [0.5, 0.6) is 0 Å². The van der Waals surface area contributed by atoms with Crippen molar-refractivity contribution in [3.63, 3.8) is 0 Å². The Balaban J connectivity index is 1.55. The molecule has 0 atom stereocenters. The molecule has 0 radical (unpaired) electrons. The van der Waals surface area contributed by atoms with Gasteiger partial charge in [-0.1, -0.05) is 0 Å². The minimum absolute atomic E-state index is 0.713. The van der Waals surface area contributed by atoms with E-state index in [1.54, 1.807) is 0 Å². The lowest BCUT2D eigenvalue weighted by Gasteiger charge is -2.24. The molecular weight excluding hydrogens is 234 g/mol. The average Bonchev–Trinajstić information content (AvgIpc) is 3.37. The van der Waals surface area contributed by atoms with Crippen LogP contribution in [0.1, 0.15) is 38.5 Å². The molecule has 2 aliphatic carbocycles. The van der Waals surface area contributed by atoms with Gasteiger partial charge in [0.2, 0.25) is 0 Å². The van der Waals surface area contributed by atoms with Crippen LogP contribution in [0.2, 0.25) is 0 Å². The van der Waals surface area contributed by atoms with E-state index in [-0.39, 0.29) is 0 Å². The van der Waals surface area contributed by atoms with Crippen LogP contribution in [-0.4, -0.2) is 24.1 Å². The molecule has 3 fully saturated rings. The van der Waals surface area contributed by atoms with Crippen molar-refractivity contribution in [2.24, 2.45) is 11.8 Å². The number of rotatable bonds is 5. The van der Waals surface area contributed by atoms with Gasteiger partial charge in [-0.2, -0.15) is 0 Å². The van der Waals surface area contributed by atoms with Crippen LogP contribution in [0.3, 0.4) is 0 Å². The zero-order chi connectivity index (χ0) is 12.7. The van der Waals surface area contributed by atoms with Gasteiger partial charge in [0.15, 0.2) is 5.82 Å². The first-order valence-corrected chi connectivity index (χ1v) is 7.88. The largest absolute Gasteiger partial charge is 0.379 e. The molecule has 4 rings (SSSR count). The van der Waals surface area contributed by atoms with E-state index in [0.29, 0.717) is 6.04 Å². The summed E-state index contributed by atoms with van der Waals surface area (Å²) in [6.07, 6.45) is 10.2. The quantitative estimate of drug-likeness (QED) is 0.877. The van der Waals surface area contributed by atoms with E-state index >= 15 is 0 Å². The van der Waals surface area contributed by atoms with Gasteiger partial charge in [-0.15, -0.1) is 0 Å². The molecule has 2 heterocycles. The Hall–Kier alpha value is -1.25. The molecule has 1 aromatic rings. The topological polar surface area (TPSA) is 28.2 Å². The Morgan fingerprint density at radius 3 is 2.42 bits per heavy atom. The molecule has 3 heteroatoms. The molecule has 102 valence electrons. The van der Waals surface area contributed by atoms with Gasteiger partial charge in [0.05, 0.1) is 5.69 Å². The van der Waals surface area contributed by atoms with Gasteiger partial charge in [-0.3, -0.25) is 0 Å². The molecule has 0 amide bonds. The third-order valence-electron chi connectivity index (χ3n) is 4.77. The molecule has 1 aromatic heterocycles. The molecule has 3 nitrogen and oxygen atoms in total. The van der Waals surface area contributed by atoms with Crippen LogP contribution in [0.15, 0.2) is 18.3 Å². The predicted molar refractivity (Wildman–Crippen MR) is 78.5 cm³/mol. The fourth-order valence-electron chi connectivity index (χ4n) is 3.40. The molecule has 3 aliphatic rings. The summed E-state index contributed by atoms with van der Waals surface area (Å²) >= 11 is 0. The summed E-state index contributed by atoms with van der Waals surface area (Å²) in [6, 6.07) is 5.00. The Bertz CT molecular complexity index is 433. The molecule has 0 bridgehead atoms. The van der Waals surface area contributed by atoms with E-state index < -0.39 is 0 Å². The van der Waals surface area contributed by atoms with E-state index in [9.17, 15) is 0 Å². The van der Waals surface area contributed by atoms with Gasteiger partial charge in [0, 0.05) is 25.3 Å². The predicted octanol–water partition coefficient (Wildman–Crippen LogP) is 3.28.